The fourth-order valence-corrected chi connectivity index (χ4v) is 8.79. The van der Waals surface area contributed by atoms with Gasteiger partial charge in [-0.25, -0.2) is 14.4 Å². The van der Waals surface area contributed by atoms with Gasteiger partial charge >= 0.3 is 16.9 Å². The third-order valence-corrected chi connectivity index (χ3v) is 11.5. The SMILES string of the molecule is O=c1oc2ccccc2c2ccc(-c3ccc4c(c3)c3cc(-c5ccc6c(c5)c(=O)oc5ccccc56)ccc3n4-c3ccc4c(c3)c(=O)oc3ccccc34)cc12. The maximum Gasteiger partial charge on any atom is 0.344 e. The van der Waals surface area contributed by atoms with Crippen LogP contribution in [0.2, 0.25) is 0 Å². The molecule has 8 aromatic carbocycles. The predicted octanol–water partition coefficient (Wildman–Crippen LogP) is 11.9. The van der Waals surface area contributed by atoms with E-state index in [0.29, 0.717) is 32.9 Å². The van der Waals surface area contributed by atoms with E-state index in [2.05, 4.69) is 41.0 Å². The van der Waals surface area contributed by atoms with Crippen LogP contribution in [-0.2, 0) is 0 Å². The summed E-state index contributed by atoms with van der Waals surface area (Å²) in [5, 5.41) is 8.58. The number of fused-ring (bicyclic) bond motifs is 12. The second-order valence-corrected chi connectivity index (χ2v) is 14.7. The van der Waals surface area contributed by atoms with Crippen LogP contribution in [0.4, 0.5) is 0 Å². The Bertz CT molecular complexity index is 3750. The van der Waals surface area contributed by atoms with Gasteiger partial charge in [-0.2, -0.15) is 0 Å². The summed E-state index contributed by atoms with van der Waals surface area (Å²) >= 11 is 0. The van der Waals surface area contributed by atoms with Crippen LogP contribution >= 0.6 is 0 Å². The molecule has 0 bridgehead atoms. The Morgan fingerprint density at radius 3 is 1.07 bits per heavy atom. The Balaban J connectivity index is 1.09. The molecule has 0 aliphatic rings. The Labute approximate surface area is 326 Å². The number of para-hydroxylation sites is 3. The van der Waals surface area contributed by atoms with E-state index in [9.17, 15) is 14.4 Å². The molecule has 0 amide bonds. The molecule has 4 heterocycles. The summed E-state index contributed by atoms with van der Waals surface area (Å²) in [5.74, 6) is 0. The number of aromatic nitrogens is 1. The zero-order valence-electron chi connectivity index (χ0n) is 30.5. The fraction of sp³-hybridized carbons (Fsp3) is 0. The lowest BCUT2D eigenvalue weighted by Gasteiger charge is -2.11. The normalized spacial score (nSPS) is 12.0. The van der Waals surface area contributed by atoms with Gasteiger partial charge in [0.05, 0.1) is 27.2 Å². The second-order valence-electron chi connectivity index (χ2n) is 14.7. The predicted molar refractivity (Wildman–Crippen MR) is 232 cm³/mol. The van der Waals surface area contributed by atoms with Gasteiger partial charge in [-0.05, 0) is 99.8 Å². The molecular weight excluding hydrogens is 723 g/mol. The Kier molecular flexibility index (Phi) is 6.66. The quantitative estimate of drug-likeness (QED) is 0.132. The van der Waals surface area contributed by atoms with E-state index in [1.54, 1.807) is 18.2 Å². The van der Waals surface area contributed by atoms with Crippen LogP contribution in [0.3, 0.4) is 0 Å². The summed E-state index contributed by atoms with van der Waals surface area (Å²) in [4.78, 5) is 39.8. The Morgan fingerprint density at radius 2 is 0.638 bits per heavy atom. The van der Waals surface area contributed by atoms with Gasteiger partial charge in [0.25, 0.3) is 0 Å². The van der Waals surface area contributed by atoms with Crippen LogP contribution in [0.1, 0.15) is 0 Å². The fourth-order valence-electron chi connectivity index (χ4n) is 8.79. The molecule has 0 spiro atoms. The van der Waals surface area contributed by atoms with Crippen molar-refractivity contribution in [2.24, 2.45) is 0 Å². The molecule has 0 aliphatic heterocycles. The van der Waals surface area contributed by atoms with Gasteiger partial charge in [-0.1, -0.05) is 97.1 Å². The van der Waals surface area contributed by atoms with E-state index >= 15 is 0 Å². The molecule has 0 atom stereocenters. The van der Waals surface area contributed by atoms with Crippen molar-refractivity contribution >= 4 is 87.0 Å². The van der Waals surface area contributed by atoms with Crippen LogP contribution in [0.25, 0.3) is 115 Å². The Hall–Kier alpha value is -8.03. The molecule has 272 valence electrons. The molecule has 7 nitrogen and oxygen atoms in total. The number of nitrogens with zero attached hydrogens (tertiary/aromatic N) is 1. The van der Waals surface area contributed by atoms with Crippen LogP contribution in [0.5, 0.6) is 0 Å². The van der Waals surface area contributed by atoms with Crippen LogP contribution in [0.15, 0.2) is 191 Å². The highest BCUT2D eigenvalue weighted by Crippen LogP contribution is 2.39. The highest BCUT2D eigenvalue weighted by Gasteiger charge is 2.18. The summed E-state index contributed by atoms with van der Waals surface area (Å²) in [6.45, 7) is 0. The lowest BCUT2D eigenvalue weighted by atomic mass is 9.97. The minimum atomic E-state index is -0.400. The van der Waals surface area contributed by atoms with Gasteiger partial charge in [0, 0.05) is 38.0 Å². The maximum absolute atomic E-state index is 13.4. The summed E-state index contributed by atoms with van der Waals surface area (Å²) in [6.07, 6.45) is 0. The van der Waals surface area contributed by atoms with Crippen LogP contribution < -0.4 is 16.9 Å². The van der Waals surface area contributed by atoms with Crippen molar-refractivity contribution in [1.29, 1.82) is 0 Å². The van der Waals surface area contributed by atoms with Crippen molar-refractivity contribution < 1.29 is 13.3 Å². The summed E-state index contributed by atoms with van der Waals surface area (Å²) in [7, 11) is 0. The van der Waals surface area contributed by atoms with Crippen LogP contribution in [-0.4, -0.2) is 4.57 Å². The first-order valence-corrected chi connectivity index (χ1v) is 18.9. The van der Waals surface area contributed by atoms with Gasteiger partial charge in [-0.15, -0.1) is 0 Å². The molecule has 58 heavy (non-hydrogen) atoms. The third kappa shape index (κ3) is 4.71. The van der Waals surface area contributed by atoms with E-state index in [0.717, 1.165) is 82.1 Å². The molecule has 0 saturated carbocycles. The minimum Gasteiger partial charge on any atom is -0.422 e. The molecule has 4 aromatic heterocycles. The molecular formula is C51H27NO6. The first-order chi connectivity index (χ1) is 28.5. The highest BCUT2D eigenvalue weighted by molar-refractivity contribution is 6.13. The summed E-state index contributed by atoms with van der Waals surface area (Å²) < 4.78 is 19.3. The summed E-state index contributed by atoms with van der Waals surface area (Å²) in [6, 6.07) is 53.0. The summed E-state index contributed by atoms with van der Waals surface area (Å²) in [5.41, 5.74) is 6.74. The van der Waals surface area contributed by atoms with Crippen molar-refractivity contribution in [3.8, 4) is 27.9 Å². The van der Waals surface area contributed by atoms with Gasteiger partial charge in [0.2, 0.25) is 0 Å². The van der Waals surface area contributed by atoms with Crippen molar-refractivity contribution in [3.05, 3.63) is 195 Å². The Morgan fingerprint density at radius 1 is 0.293 bits per heavy atom. The minimum absolute atomic E-state index is 0.385. The standard InChI is InChI=1S/C51H27NO6/c53-49-41-25-28(13-18-33(41)36-7-1-4-10-46(36)56-49)30-15-21-44-39(23-30)40-24-31(29-14-19-34-37-8-2-5-11-47(37)57-50(54)42(34)26-29)16-22-45(40)52(44)32-17-20-35-38-9-3-6-12-48(38)58-51(55)43(35)27-32/h1-27H. The molecule has 0 unspecified atom stereocenters. The van der Waals surface area contributed by atoms with E-state index in [-0.39, 0.29) is 11.3 Å². The van der Waals surface area contributed by atoms with Crippen molar-refractivity contribution in [2.75, 3.05) is 0 Å². The second kappa shape index (κ2) is 12.0. The van der Waals surface area contributed by atoms with Crippen molar-refractivity contribution in [3.63, 3.8) is 0 Å². The average Bonchev–Trinajstić information content (AvgIpc) is 3.59. The van der Waals surface area contributed by atoms with Gasteiger partial charge < -0.3 is 17.8 Å². The first kappa shape index (κ1) is 32.2. The molecule has 12 rings (SSSR count). The number of benzene rings is 8. The van der Waals surface area contributed by atoms with E-state index in [1.807, 2.05) is 109 Å². The molecule has 0 saturated heterocycles. The lowest BCUT2D eigenvalue weighted by Crippen LogP contribution is -2.02. The number of hydrogen-bond acceptors (Lipinski definition) is 6. The molecule has 0 N–H and O–H groups in total. The van der Waals surface area contributed by atoms with E-state index < -0.39 is 5.63 Å². The zero-order chi connectivity index (χ0) is 38.6. The number of hydrogen-bond donors (Lipinski definition) is 0. The first-order valence-electron chi connectivity index (χ1n) is 18.9. The smallest absolute Gasteiger partial charge is 0.344 e. The highest BCUT2D eigenvalue weighted by atomic mass is 16.4. The van der Waals surface area contributed by atoms with Crippen molar-refractivity contribution in [1.82, 2.24) is 4.57 Å². The van der Waals surface area contributed by atoms with Gasteiger partial charge in [-0.3, -0.25) is 0 Å². The van der Waals surface area contributed by atoms with Crippen LogP contribution in [0, 0.1) is 0 Å². The molecule has 0 aliphatic carbocycles. The van der Waals surface area contributed by atoms with Crippen molar-refractivity contribution in [2.45, 2.75) is 0 Å². The monoisotopic (exact) mass is 749 g/mol. The van der Waals surface area contributed by atoms with E-state index in [1.165, 1.54) is 0 Å². The molecule has 0 radical (unpaired) electrons. The maximum atomic E-state index is 13.4. The third-order valence-electron chi connectivity index (χ3n) is 11.5. The topological polar surface area (TPSA) is 95.6 Å². The van der Waals surface area contributed by atoms with Gasteiger partial charge in [0.15, 0.2) is 0 Å². The molecule has 0 fully saturated rings. The molecule has 12 aromatic rings. The van der Waals surface area contributed by atoms with E-state index in [4.69, 9.17) is 13.3 Å². The largest absolute Gasteiger partial charge is 0.422 e. The average molecular weight is 750 g/mol. The van der Waals surface area contributed by atoms with Gasteiger partial charge in [0.1, 0.15) is 16.7 Å². The number of rotatable bonds is 3. The zero-order valence-corrected chi connectivity index (χ0v) is 30.5. The molecule has 7 heteroatoms. The lowest BCUT2D eigenvalue weighted by molar-refractivity contribution is 0.569.